The molecule has 2 aromatic rings. The Morgan fingerprint density at radius 3 is 2.68 bits per heavy atom. The van der Waals surface area contributed by atoms with Gasteiger partial charge in [0.05, 0.1) is 19.4 Å². The van der Waals surface area contributed by atoms with Crippen LogP contribution in [0, 0.1) is 6.92 Å². The minimum absolute atomic E-state index is 0.729. The first-order chi connectivity index (χ1) is 16.5. The summed E-state index contributed by atoms with van der Waals surface area (Å²) in [6, 6.07) is 15.6. The van der Waals surface area contributed by atoms with Crippen LogP contribution in [0.5, 0.6) is 0 Å². The van der Waals surface area contributed by atoms with Crippen molar-refractivity contribution in [2.24, 2.45) is 4.99 Å². The molecule has 0 saturated heterocycles. The van der Waals surface area contributed by atoms with Crippen LogP contribution in [0.1, 0.15) is 41.5 Å². The van der Waals surface area contributed by atoms with Crippen LogP contribution in [-0.4, -0.2) is 56.5 Å². The molecule has 5 heteroatoms. The number of rotatable bonds is 8. The van der Waals surface area contributed by atoms with Crippen LogP contribution in [0.2, 0.25) is 0 Å². The van der Waals surface area contributed by atoms with Crippen molar-refractivity contribution in [3.8, 4) is 0 Å². The maximum atomic E-state index is 5.96. The maximum Gasteiger partial charge on any atom is 0.136 e. The van der Waals surface area contributed by atoms with Gasteiger partial charge in [0.2, 0.25) is 0 Å². The SMILES string of the molecule is Cc1cccc2c1CC(=C1CC1)N2Cc1cccc(C2=NC=C(OCCCN(C)C)CN2C)c1. The van der Waals surface area contributed by atoms with Crippen LogP contribution in [0.4, 0.5) is 5.69 Å². The first-order valence-electron chi connectivity index (χ1n) is 12.4. The lowest BCUT2D eigenvalue weighted by atomic mass is 10.1. The fourth-order valence-corrected chi connectivity index (χ4v) is 4.96. The minimum Gasteiger partial charge on any atom is -0.494 e. The van der Waals surface area contributed by atoms with E-state index in [0.29, 0.717) is 0 Å². The number of anilines is 1. The van der Waals surface area contributed by atoms with Gasteiger partial charge in [-0.2, -0.15) is 0 Å². The van der Waals surface area contributed by atoms with Crippen molar-refractivity contribution >= 4 is 11.5 Å². The summed E-state index contributed by atoms with van der Waals surface area (Å²) in [4.78, 5) is 11.7. The fourth-order valence-electron chi connectivity index (χ4n) is 4.96. The van der Waals surface area contributed by atoms with Crippen LogP contribution in [0.3, 0.4) is 0 Å². The third-order valence-electron chi connectivity index (χ3n) is 6.90. The molecule has 5 nitrogen and oxygen atoms in total. The zero-order chi connectivity index (χ0) is 23.7. The third-order valence-corrected chi connectivity index (χ3v) is 6.90. The Hall–Kier alpha value is -3.05. The number of aryl methyl sites for hydroxylation is 1. The van der Waals surface area contributed by atoms with Crippen LogP contribution < -0.4 is 4.90 Å². The second-order valence-electron chi connectivity index (χ2n) is 10.00. The van der Waals surface area contributed by atoms with Crippen molar-refractivity contribution in [2.75, 3.05) is 45.7 Å². The molecule has 5 rings (SSSR count). The van der Waals surface area contributed by atoms with Gasteiger partial charge in [0, 0.05) is 43.5 Å². The molecule has 0 atom stereocenters. The smallest absolute Gasteiger partial charge is 0.136 e. The van der Waals surface area contributed by atoms with Crippen LogP contribution >= 0.6 is 0 Å². The van der Waals surface area contributed by atoms with E-state index in [1.54, 1.807) is 5.57 Å². The Balaban J connectivity index is 1.33. The van der Waals surface area contributed by atoms with Gasteiger partial charge < -0.3 is 19.4 Å². The molecule has 0 unspecified atom stereocenters. The highest BCUT2D eigenvalue weighted by Gasteiger charge is 2.31. The molecule has 0 bridgehead atoms. The Morgan fingerprint density at radius 2 is 1.91 bits per heavy atom. The van der Waals surface area contributed by atoms with E-state index < -0.39 is 0 Å². The molecule has 2 heterocycles. The number of likely N-dealkylation sites (N-methyl/N-ethyl adjacent to an activating group) is 1. The van der Waals surface area contributed by atoms with Crippen molar-refractivity contribution in [1.82, 2.24) is 9.80 Å². The highest BCUT2D eigenvalue weighted by molar-refractivity contribution is 5.99. The Bertz CT molecular complexity index is 1150. The maximum absolute atomic E-state index is 5.96. The number of benzene rings is 2. The normalized spacial score (nSPS) is 17.2. The lowest BCUT2D eigenvalue weighted by Gasteiger charge is -2.27. The summed E-state index contributed by atoms with van der Waals surface area (Å²) in [6.07, 6.45) is 6.50. The highest BCUT2D eigenvalue weighted by atomic mass is 16.5. The van der Waals surface area contributed by atoms with E-state index in [9.17, 15) is 0 Å². The van der Waals surface area contributed by atoms with E-state index in [4.69, 9.17) is 9.73 Å². The van der Waals surface area contributed by atoms with Crippen molar-refractivity contribution in [3.05, 3.63) is 87.9 Å². The number of amidine groups is 1. The minimum atomic E-state index is 0.729. The van der Waals surface area contributed by atoms with Gasteiger partial charge in [-0.25, -0.2) is 4.99 Å². The number of hydrogen-bond donors (Lipinski definition) is 0. The molecular formula is C29H36N4O. The van der Waals surface area contributed by atoms with Gasteiger partial charge in [-0.05, 0) is 74.7 Å². The topological polar surface area (TPSA) is 31.3 Å². The second-order valence-corrected chi connectivity index (χ2v) is 10.00. The molecule has 0 radical (unpaired) electrons. The molecule has 1 fully saturated rings. The highest BCUT2D eigenvalue weighted by Crippen LogP contribution is 2.44. The monoisotopic (exact) mass is 456 g/mol. The molecule has 0 amide bonds. The third kappa shape index (κ3) is 4.90. The van der Waals surface area contributed by atoms with Gasteiger partial charge in [0.15, 0.2) is 0 Å². The molecule has 0 N–H and O–H groups in total. The predicted molar refractivity (Wildman–Crippen MR) is 140 cm³/mol. The van der Waals surface area contributed by atoms with E-state index in [0.717, 1.165) is 56.2 Å². The Labute approximate surface area is 204 Å². The molecular weight excluding hydrogens is 420 g/mol. The van der Waals surface area contributed by atoms with E-state index in [1.165, 1.54) is 40.9 Å². The second kappa shape index (κ2) is 9.67. The number of fused-ring (bicyclic) bond motifs is 1. The van der Waals surface area contributed by atoms with Gasteiger partial charge in [-0.1, -0.05) is 30.3 Å². The molecule has 34 heavy (non-hydrogen) atoms. The van der Waals surface area contributed by atoms with E-state index in [-0.39, 0.29) is 0 Å². The fraction of sp³-hybridized carbons (Fsp3) is 0.414. The van der Waals surface area contributed by atoms with E-state index >= 15 is 0 Å². The molecule has 1 aliphatic carbocycles. The number of aliphatic imine (C=N–C) groups is 1. The van der Waals surface area contributed by atoms with Crippen molar-refractivity contribution < 1.29 is 4.74 Å². The van der Waals surface area contributed by atoms with E-state index in [2.05, 4.69) is 85.2 Å². The number of allylic oxidation sites excluding steroid dienone is 2. The average Bonchev–Trinajstić information content (AvgIpc) is 3.59. The van der Waals surface area contributed by atoms with Gasteiger partial charge >= 0.3 is 0 Å². The predicted octanol–water partition coefficient (Wildman–Crippen LogP) is 5.11. The molecule has 2 aromatic carbocycles. The lowest BCUT2D eigenvalue weighted by molar-refractivity contribution is 0.179. The van der Waals surface area contributed by atoms with Crippen LogP contribution in [0.15, 0.2) is 70.7 Å². The van der Waals surface area contributed by atoms with E-state index in [1.807, 2.05) is 6.20 Å². The lowest BCUT2D eigenvalue weighted by Crippen LogP contribution is -2.32. The van der Waals surface area contributed by atoms with Gasteiger partial charge in [0.25, 0.3) is 0 Å². The summed E-state index contributed by atoms with van der Waals surface area (Å²) in [5, 5.41) is 0. The molecule has 178 valence electrons. The summed E-state index contributed by atoms with van der Waals surface area (Å²) in [5.74, 6) is 1.94. The first kappa shape index (κ1) is 22.7. The molecule has 0 aromatic heterocycles. The Morgan fingerprint density at radius 1 is 1.09 bits per heavy atom. The average molecular weight is 457 g/mol. The van der Waals surface area contributed by atoms with Crippen molar-refractivity contribution in [1.29, 1.82) is 0 Å². The summed E-state index contributed by atoms with van der Waals surface area (Å²) < 4.78 is 5.96. The van der Waals surface area contributed by atoms with Gasteiger partial charge in [-0.15, -0.1) is 0 Å². The molecule has 0 spiro atoms. The summed E-state index contributed by atoms with van der Waals surface area (Å²) >= 11 is 0. The number of nitrogens with zero attached hydrogens (tertiary/aromatic N) is 4. The molecule has 2 aliphatic heterocycles. The van der Waals surface area contributed by atoms with Crippen LogP contribution in [0.25, 0.3) is 0 Å². The number of hydrogen-bond acceptors (Lipinski definition) is 5. The van der Waals surface area contributed by atoms with Gasteiger partial charge in [-0.3, -0.25) is 0 Å². The summed E-state index contributed by atoms with van der Waals surface area (Å²) in [5.41, 5.74) is 9.91. The van der Waals surface area contributed by atoms with Crippen molar-refractivity contribution in [3.63, 3.8) is 0 Å². The zero-order valence-electron chi connectivity index (χ0n) is 21.0. The quantitative estimate of drug-likeness (QED) is 0.517. The summed E-state index contributed by atoms with van der Waals surface area (Å²) in [7, 11) is 6.27. The first-order valence-corrected chi connectivity index (χ1v) is 12.4. The van der Waals surface area contributed by atoms with Gasteiger partial charge in [0.1, 0.15) is 11.6 Å². The summed E-state index contributed by atoms with van der Waals surface area (Å²) in [6.45, 7) is 5.65. The van der Waals surface area contributed by atoms with Crippen molar-refractivity contribution in [2.45, 2.75) is 39.2 Å². The molecule has 3 aliphatic rings. The Kier molecular flexibility index (Phi) is 6.46. The molecule has 1 saturated carbocycles. The largest absolute Gasteiger partial charge is 0.494 e. The standard InChI is InChI=1S/C29H36N4O/c1-21-8-5-11-27-26(21)17-28(23-12-13-23)33(27)19-22-9-6-10-24(16-22)29-30-18-25(20-32(29)4)34-15-7-14-31(2)3/h5-6,8-11,16,18H,7,12-15,17,19-20H2,1-4H3. The number of ether oxygens (including phenoxy) is 1. The zero-order valence-corrected chi connectivity index (χ0v) is 21.0. The van der Waals surface area contributed by atoms with Crippen LogP contribution in [-0.2, 0) is 17.7 Å².